The van der Waals surface area contributed by atoms with Gasteiger partial charge in [-0.15, -0.1) is 10.2 Å². The number of carbonyl (C=O) groups is 2. The normalized spacial score (nSPS) is 14.0. The summed E-state index contributed by atoms with van der Waals surface area (Å²) in [4.78, 5) is 24.2. The van der Waals surface area contributed by atoms with Crippen molar-refractivity contribution in [2.24, 2.45) is 0 Å². The standard InChI is InChI=1S/C20H17N3O4S/c1-11-3-5-13(6-4-11)19-22-23-20(27-19)28-12(2)18(25)14-7-8-16-15(9-14)21-17(24)10-26-16/h3-9,12H,10H2,1-2H3,(H,21,24). The molecule has 1 amide bonds. The SMILES string of the molecule is Cc1ccc(-c2nnc(SC(C)C(=O)c3ccc4c(c3)NC(=O)CO4)o2)cc1. The topological polar surface area (TPSA) is 94.3 Å². The molecule has 1 aromatic heterocycles. The number of amides is 1. The Labute approximate surface area is 165 Å². The van der Waals surface area contributed by atoms with E-state index in [1.807, 2.05) is 31.2 Å². The average Bonchev–Trinajstić information content (AvgIpc) is 3.15. The molecule has 7 nitrogen and oxygen atoms in total. The fourth-order valence-electron chi connectivity index (χ4n) is 2.75. The van der Waals surface area contributed by atoms with Crippen molar-refractivity contribution >= 4 is 29.1 Å². The number of hydrogen-bond acceptors (Lipinski definition) is 7. The lowest BCUT2D eigenvalue weighted by Crippen LogP contribution is -2.25. The molecule has 0 radical (unpaired) electrons. The van der Waals surface area contributed by atoms with Gasteiger partial charge in [0.2, 0.25) is 5.89 Å². The number of anilines is 1. The summed E-state index contributed by atoms with van der Waals surface area (Å²) in [5, 5.41) is 10.7. The Morgan fingerprint density at radius 2 is 1.96 bits per heavy atom. The van der Waals surface area contributed by atoms with E-state index in [0.29, 0.717) is 28.1 Å². The Hall–Kier alpha value is -3.13. The molecule has 1 atom stereocenters. The lowest BCUT2D eigenvalue weighted by molar-refractivity contribution is -0.118. The number of rotatable bonds is 5. The number of thioether (sulfide) groups is 1. The number of ketones is 1. The number of aromatic nitrogens is 2. The molecular formula is C20H17N3O4S. The van der Waals surface area contributed by atoms with Crippen molar-refractivity contribution in [3.8, 4) is 17.2 Å². The van der Waals surface area contributed by atoms with Gasteiger partial charge in [-0.3, -0.25) is 9.59 Å². The summed E-state index contributed by atoms with van der Waals surface area (Å²) in [6.07, 6.45) is 0. The molecule has 28 heavy (non-hydrogen) atoms. The van der Waals surface area contributed by atoms with Crippen LogP contribution in [0, 0.1) is 6.92 Å². The molecule has 0 fully saturated rings. The molecule has 1 N–H and O–H groups in total. The summed E-state index contributed by atoms with van der Waals surface area (Å²) < 4.78 is 11.0. The van der Waals surface area contributed by atoms with Crippen molar-refractivity contribution in [1.82, 2.24) is 10.2 Å². The van der Waals surface area contributed by atoms with Crippen LogP contribution < -0.4 is 10.1 Å². The molecular weight excluding hydrogens is 378 g/mol. The van der Waals surface area contributed by atoms with Gasteiger partial charge in [-0.2, -0.15) is 0 Å². The van der Waals surface area contributed by atoms with Crippen molar-refractivity contribution in [2.75, 3.05) is 11.9 Å². The zero-order valence-corrected chi connectivity index (χ0v) is 16.1. The number of fused-ring (bicyclic) bond motifs is 1. The van der Waals surface area contributed by atoms with Crippen molar-refractivity contribution in [2.45, 2.75) is 24.3 Å². The minimum atomic E-state index is -0.440. The molecule has 0 saturated heterocycles. The van der Waals surface area contributed by atoms with Crippen LogP contribution in [-0.4, -0.2) is 33.7 Å². The molecule has 1 aliphatic heterocycles. The van der Waals surface area contributed by atoms with E-state index in [9.17, 15) is 9.59 Å². The van der Waals surface area contributed by atoms with Crippen LogP contribution in [-0.2, 0) is 4.79 Å². The van der Waals surface area contributed by atoms with Crippen LogP contribution in [0.5, 0.6) is 5.75 Å². The highest BCUT2D eigenvalue weighted by molar-refractivity contribution is 8.00. The largest absolute Gasteiger partial charge is 0.482 e. The van der Waals surface area contributed by atoms with Crippen LogP contribution in [0.1, 0.15) is 22.8 Å². The third-order valence-corrected chi connectivity index (χ3v) is 5.18. The van der Waals surface area contributed by atoms with Crippen LogP contribution in [0.4, 0.5) is 5.69 Å². The predicted molar refractivity (Wildman–Crippen MR) is 105 cm³/mol. The Morgan fingerprint density at radius 1 is 1.18 bits per heavy atom. The summed E-state index contributed by atoms with van der Waals surface area (Å²) in [5.74, 6) is 0.614. The molecule has 0 bridgehead atoms. The molecule has 0 aliphatic carbocycles. The molecule has 1 aliphatic rings. The van der Waals surface area contributed by atoms with E-state index in [0.717, 1.165) is 11.1 Å². The molecule has 4 rings (SSSR count). The zero-order chi connectivity index (χ0) is 19.7. The van der Waals surface area contributed by atoms with Gasteiger partial charge in [0, 0.05) is 11.1 Å². The van der Waals surface area contributed by atoms with Crippen LogP contribution >= 0.6 is 11.8 Å². The minimum absolute atomic E-state index is 0.0208. The van der Waals surface area contributed by atoms with Gasteiger partial charge in [0.05, 0.1) is 10.9 Å². The number of benzene rings is 2. The Kier molecular flexibility index (Phi) is 4.87. The van der Waals surface area contributed by atoms with Crippen LogP contribution in [0.25, 0.3) is 11.5 Å². The van der Waals surface area contributed by atoms with Crippen LogP contribution in [0.15, 0.2) is 52.1 Å². The number of Topliss-reactive ketones (excluding diaryl/α,β-unsaturated/α-hetero) is 1. The maximum absolute atomic E-state index is 12.8. The predicted octanol–water partition coefficient (Wildman–Crippen LogP) is 3.74. The molecule has 142 valence electrons. The number of nitrogens with zero attached hydrogens (tertiary/aromatic N) is 2. The minimum Gasteiger partial charge on any atom is -0.482 e. The smallest absolute Gasteiger partial charge is 0.277 e. The number of nitrogens with one attached hydrogen (secondary N) is 1. The first-order chi connectivity index (χ1) is 13.5. The zero-order valence-electron chi connectivity index (χ0n) is 15.3. The van der Waals surface area contributed by atoms with Gasteiger partial charge in [0.25, 0.3) is 11.1 Å². The second-order valence-electron chi connectivity index (χ2n) is 6.41. The maximum atomic E-state index is 12.8. The third-order valence-electron chi connectivity index (χ3n) is 4.25. The molecule has 0 saturated carbocycles. The van der Waals surface area contributed by atoms with Gasteiger partial charge < -0.3 is 14.5 Å². The van der Waals surface area contributed by atoms with E-state index in [1.165, 1.54) is 11.8 Å². The van der Waals surface area contributed by atoms with E-state index in [1.54, 1.807) is 25.1 Å². The fourth-order valence-corrected chi connectivity index (χ4v) is 3.51. The Morgan fingerprint density at radius 3 is 2.75 bits per heavy atom. The second kappa shape index (κ2) is 7.47. The monoisotopic (exact) mass is 395 g/mol. The quantitative estimate of drug-likeness (QED) is 0.519. The molecule has 2 aromatic carbocycles. The first-order valence-corrected chi connectivity index (χ1v) is 9.55. The van der Waals surface area contributed by atoms with Crippen LogP contribution in [0.3, 0.4) is 0 Å². The first-order valence-electron chi connectivity index (χ1n) is 8.68. The number of hydrogen-bond donors (Lipinski definition) is 1. The maximum Gasteiger partial charge on any atom is 0.277 e. The van der Waals surface area contributed by atoms with Gasteiger partial charge in [-0.1, -0.05) is 29.5 Å². The van der Waals surface area contributed by atoms with E-state index in [2.05, 4.69) is 15.5 Å². The number of carbonyl (C=O) groups excluding carboxylic acids is 2. The first kappa shape index (κ1) is 18.2. The second-order valence-corrected chi connectivity index (χ2v) is 7.70. The van der Waals surface area contributed by atoms with Crippen molar-refractivity contribution < 1.29 is 18.7 Å². The van der Waals surface area contributed by atoms with Crippen molar-refractivity contribution in [3.63, 3.8) is 0 Å². The lowest BCUT2D eigenvalue weighted by Gasteiger charge is -2.18. The highest BCUT2D eigenvalue weighted by Gasteiger charge is 2.23. The highest BCUT2D eigenvalue weighted by Crippen LogP contribution is 2.31. The van der Waals surface area contributed by atoms with Gasteiger partial charge in [-0.05, 0) is 44.2 Å². The van der Waals surface area contributed by atoms with Gasteiger partial charge in [0.1, 0.15) is 5.75 Å². The fraction of sp³-hybridized carbons (Fsp3) is 0.200. The van der Waals surface area contributed by atoms with Gasteiger partial charge in [0.15, 0.2) is 12.4 Å². The van der Waals surface area contributed by atoms with Gasteiger partial charge in [-0.25, -0.2) is 0 Å². The summed E-state index contributed by atoms with van der Waals surface area (Å²) in [6.45, 7) is 3.76. The van der Waals surface area contributed by atoms with E-state index in [4.69, 9.17) is 9.15 Å². The Balaban J connectivity index is 1.47. The Bertz CT molecular complexity index is 1050. The average molecular weight is 395 g/mol. The molecule has 8 heteroatoms. The highest BCUT2D eigenvalue weighted by atomic mass is 32.2. The van der Waals surface area contributed by atoms with E-state index in [-0.39, 0.29) is 18.3 Å². The van der Waals surface area contributed by atoms with Crippen molar-refractivity contribution in [3.05, 3.63) is 53.6 Å². The van der Waals surface area contributed by atoms with Crippen LogP contribution in [0.2, 0.25) is 0 Å². The summed E-state index contributed by atoms with van der Waals surface area (Å²) in [7, 11) is 0. The van der Waals surface area contributed by atoms with Crippen molar-refractivity contribution in [1.29, 1.82) is 0 Å². The summed E-state index contributed by atoms with van der Waals surface area (Å²) in [5.41, 5.74) is 2.94. The molecule has 3 aromatic rings. The number of ether oxygens (including phenoxy) is 1. The van der Waals surface area contributed by atoms with E-state index < -0.39 is 5.25 Å². The van der Waals surface area contributed by atoms with E-state index >= 15 is 0 Å². The van der Waals surface area contributed by atoms with Gasteiger partial charge >= 0.3 is 0 Å². The third kappa shape index (κ3) is 3.77. The molecule has 2 heterocycles. The lowest BCUT2D eigenvalue weighted by atomic mass is 10.1. The number of aryl methyl sites for hydroxylation is 1. The summed E-state index contributed by atoms with van der Waals surface area (Å²) in [6, 6.07) is 12.7. The molecule has 1 unspecified atom stereocenters. The summed E-state index contributed by atoms with van der Waals surface area (Å²) >= 11 is 1.19. The molecule has 0 spiro atoms.